The second-order valence-electron chi connectivity index (χ2n) is 3.97. The summed E-state index contributed by atoms with van der Waals surface area (Å²) in [5.41, 5.74) is 3.52. The Bertz CT molecular complexity index is 587. The highest BCUT2D eigenvalue weighted by atomic mass is 79.9. The minimum absolute atomic E-state index is 0.365. The van der Waals surface area contributed by atoms with Crippen LogP contribution in [0.2, 0.25) is 5.02 Å². The summed E-state index contributed by atoms with van der Waals surface area (Å²) in [6.07, 6.45) is 0. The smallest absolute Gasteiger partial charge is 0.126 e. The van der Waals surface area contributed by atoms with Crippen molar-refractivity contribution in [2.24, 2.45) is 5.84 Å². The molecule has 3 N–H and O–H groups in total. The van der Waals surface area contributed by atoms with Crippen LogP contribution in [0.15, 0.2) is 40.9 Å². The van der Waals surface area contributed by atoms with Gasteiger partial charge in [0.1, 0.15) is 11.6 Å². The van der Waals surface area contributed by atoms with Crippen molar-refractivity contribution in [2.75, 3.05) is 0 Å². The molecule has 0 amide bonds. The van der Waals surface area contributed by atoms with Gasteiger partial charge in [0, 0.05) is 15.6 Å². The standard InChI is InChI=1S/C13H10BrClF2N2/c14-8-1-2-11(12(15)5-8)13(19-18)7-3-9(16)6-10(17)4-7/h1-6,13,19H,18H2. The lowest BCUT2D eigenvalue weighted by Gasteiger charge is -2.18. The minimum atomic E-state index is -0.663. The van der Waals surface area contributed by atoms with Crippen molar-refractivity contribution in [3.63, 3.8) is 0 Å². The van der Waals surface area contributed by atoms with E-state index in [-0.39, 0.29) is 0 Å². The summed E-state index contributed by atoms with van der Waals surface area (Å²) >= 11 is 9.41. The van der Waals surface area contributed by atoms with Crippen LogP contribution in [0.5, 0.6) is 0 Å². The Morgan fingerprint density at radius 2 is 1.74 bits per heavy atom. The van der Waals surface area contributed by atoms with Crippen LogP contribution in [0.1, 0.15) is 17.2 Å². The monoisotopic (exact) mass is 346 g/mol. The molecule has 0 saturated carbocycles. The average molecular weight is 348 g/mol. The first kappa shape index (κ1) is 14.4. The van der Waals surface area contributed by atoms with Crippen LogP contribution in [-0.4, -0.2) is 0 Å². The number of benzene rings is 2. The van der Waals surface area contributed by atoms with Crippen molar-refractivity contribution in [1.82, 2.24) is 5.43 Å². The van der Waals surface area contributed by atoms with Gasteiger partial charge >= 0.3 is 0 Å². The molecule has 2 aromatic carbocycles. The maximum Gasteiger partial charge on any atom is 0.126 e. The Morgan fingerprint density at radius 1 is 1.11 bits per heavy atom. The highest BCUT2D eigenvalue weighted by Crippen LogP contribution is 2.30. The molecule has 19 heavy (non-hydrogen) atoms. The van der Waals surface area contributed by atoms with Gasteiger partial charge in [-0.3, -0.25) is 5.84 Å². The normalized spacial score (nSPS) is 12.5. The Morgan fingerprint density at radius 3 is 2.26 bits per heavy atom. The molecule has 0 saturated heterocycles. The van der Waals surface area contributed by atoms with Gasteiger partial charge in [0.2, 0.25) is 0 Å². The van der Waals surface area contributed by atoms with Gasteiger partial charge < -0.3 is 0 Å². The third-order valence-corrected chi connectivity index (χ3v) is 3.48. The molecule has 2 rings (SSSR count). The number of hydrogen-bond acceptors (Lipinski definition) is 2. The minimum Gasteiger partial charge on any atom is -0.271 e. The third kappa shape index (κ3) is 3.30. The number of rotatable bonds is 3. The van der Waals surface area contributed by atoms with Crippen molar-refractivity contribution in [3.05, 3.63) is 68.7 Å². The van der Waals surface area contributed by atoms with E-state index < -0.39 is 17.7 Å². The van der Waals surface area contributed by atoms with Gasteiger partial charge in [0.15, 0.2) is 0 Å². The average Bonchev–Trinajstić information content (AvgIpc) is 2.31. The van der Waals surface area contributed by atoms with E-state index in [1.165, 1.54) is 12.1 Å². The van der Waals surface area contributed by atoms with Crippen LogP contribution in [0.3, 0.4) is 0 Å². The topological polar surface area (TPSA) is 38.0 Å². The van der Waals surface area contributed by atoms with Crippen LogP contribution < -0.4 is 11.3 Å². The number of halogens is 4. The lowest BCUT2D eigenvalue weighted by atomic mass is 9.99. The van der Waals surface area contributed by atoms with Crippen molar-refractivity contribution < 1.29 is 8.78 Å². The summed E-state index contributed by atoms with van der Waals surface area (Å²) < 4.78 is 27.3. The largest absolute Gasteiger partial charge is 0.271 e. The fourth-order valence-electron chi connectivity index (χ4n) is 1.84. The van der Waals surface area contributed by atoms with Crippen molar-refractivity contribution in [2.45, 2.75) is 6.04 Å². The van der Waals surface area contributed by atoms with Gasteiger partial charge in [-0.25, -0.2) is 14.2 Å². The number of nitrogens with two attached hydrogens (primary N) is 1. The molecule has 0 aliphatic rings. The Hall–Kier alpha value is -1.01. The maximum absolute atomic E-state index is 13.3. The quantitative estimate of drug-likeness (QED) is 0.652. The molecule has 0 aliphatic carbocycles. The molecule has 0 bridgehead atoms. The molecule has 0 fully saturated rings. The van der Waals surface area contributed by atoms with Gasteiger partial charge in [-0.05, 0) is 35.4 Å². The summed E-state index contributed by atoms with van der Waals surface area (Å²) in [6, 6.07) is 7.85. The predicted octanol–water partition coefficient (Wildman–Crippen LogP) is 3.93. The highest BCUT2D eigenvalue weighted by molar-refractivity contribution is 9.10. The van der Waals surface area contributed by atoms with E-state index in [4.69, 9.17) is 17.4 Å². The molecule has 6 heteroatoms. The van der Waals surface area contributed by atoms with E-state index in [9.17, 15) is 8.78 Å². The third-order valence-electron chi connectivity index (χ3n) is 2.66. The van der Waals surface area contributed by atoms with Crippen LogP contribution in [-0.2, 0) is 0 Å². The summed E-state index contributed by atoms with van der Waals surface area (Å²) in [4.78, 5) is 0. The molecule has 0 aromatic heterocycles. The lowest BCUT2D eigenvalue weighted by molar-refractivity contribution is 0.566. The van der Waals surface area contributed by atoms with E-state index in [0.717, 1.165) is 10.5 Å². The van der Waals surface area contributed by atoms with E-state index >= 15 is 0 Å². The van der Waals surface area contributed by atoms with Crippen LogP contribution in [0.4, 0.5) is 8.78 Å². The predicted molar refractivity (Wildman–Crippen MR) is 74.7 cm³/mol. The van der Waals surface area contributed by atoms with Crippen LogP contribution >= 0.6 is 27.5 Å². The molecule has 100 valence electrons. The van der Waals surface area contributed by atoms with E-state index in [0.29, 0.717) is 16.1 Å². The van der Waals surface area contributed by atoms with E-state index in [2.05, 4.69) is 21.4 Å². The zero-order valence-electron chi connectivity index (χ0n) is 9.63. The van der Waals surface area contributed by atoms with Gasteiger partial charge in [-0.15, -0.1) is 0 Å². The van der Waals surface area contributed by atoms with Gasteiger partial charge in [0.25, 0.3) is 0 Å². The highest BCUT2D eigenvalue weighted by Gasteiger charge is 2.17. The summed E-state index contributed by atoms with van der Waals surface area (Å²) in [5, 5.41) is 0.446. The SMILES string of the molecule is NNC(c1cc(F)cc(F)c1)c1ccc(Br)cc1Cl. The van der Waals surface area contributed by atoms with E-state index in [1.807, 2.05) is 0 Å². The van der Waals surface area contributed by atoms with Crippen LogP contribution in [0.25, 0.3) is 0 Å². The number of nitrogens with one attached hydrogen (secondary N) is 1. The lowest BCUT2D eigenvalue weighted by Crippen LogP contribution is -2.29. The van der Waals surface area contributed by atoms with Gasteiger partial charge in [-0.2, -0.15) is 0 Å². The first-order valence-electron chi connectivity index (χ1n) is 5.38. The molecule has 1 unspecified atom stereocenters. The van der Waals surface area contributed by atoms with Crippen molar-refractivity contribution in [1.29, 1.82) is 0 Å². The molecular formula is C13H10BrClF2N2. The Kier molecular flexibility index (Phi) is 4.52. The molecule has 0 spiro atoms. The zero-order chi connectivity index (χ0) is 14.0. The Labute approximate surface area is 122 Å². The molecule has 0 aliphatic heterocycles. The molecule has 1 atom stereocenters. The van der Waals surface area contributed by atoms with Crippen LogP contribution in [0, 0.1) is 11.6 Å². The van der Waals surface area contributed by atoms with Gasteiger partial charge in [-0.1, -0.05) is 33.6 Å². The second-order valence-corrected chi connectivity index (χ2v) is 5.29. The maximum atomic E-state index is 13.3. The number of hydrogen-bond donors (Lipinski definition) is 2. The summed E-state index contributed by atoms with van der Waals surface area (Å²) in [7, 11) is 0. The van der Waals surface area contributed by atoms with Crippen molar-refractivity contribution in [3.8, 4) is 0 Å². The molecule has 0 radical (unpaired) electrons. The molecule has 2 nitrogen and oxygen atoms in total. The second kappa shape index (κ2) is 5.96. The summed E-state index contributed by atoms with van der Waals surface area (Å²) in [5.74, 6) is 4.15. The van der Waals surface area contributed by atoms with Gasteiger partial charge in [0.05, 0.1) is 6.04 Å². The molecule has 2 aromatic rings. The van der Waals surface area contributed by atoms with Crippen molar-refractivity contribution >= 4 is 27.5 Å². The fourth-order valence-corrected chi connectivity index (χ4v) is 2.63. The molecular weight excluding hydrogens is 338 g/mol. The fraction of sp³-hybridized carbons (Fsp3) is 0.0769. The zero-order valence-corrected chi connectivity index (χ0v) is 12.0. The first-order valence-corrected chi connectivity index (χ1v) is 6.55. The number of hydrazine groups is 1. The first-order chi connectivity index (χ1) is 9.01. The Balaban J connectivity index is 2.49. The molecule has 0 heterocycles. The summed E-state index contributed by atoms with van der Waals surface area (Å²) in [6.45, 7) is 0. The van der Waals surface area contributed by atoms with E-state index in [1.54, 1.807) is 18.2 Å².